The first-order chi connectivity index (χ1) is 13.4. The molecule has 0 aromatic heterocycles. The molecule has 0 saturated carbocycles. The van der Waals surface area contributed by atoms with E-state index < -0.39 is 22.6 Å². The Morgan fingerprint density at radius 1 is 0.964 bits per heavy atom. The SMILES string of the molecule is O=C(COC(=O)c1ccc(S(=O)(=O)N2CCOCC2)cc1)c1ccc(Cl)cc1. The zero-order valence-corrected chi connectivity index (χ0v) is 16.4. The summed E-state index contributed by atoms with van der Waals surface area (Å²) in [5.74, 6) is -1.07. The highest BCUT2D eigenvalue weighted by Gasteiger charge is 2.26. The Kier molecular flexibility index (Phi) is 6.46. The van der Waals surface area contributed by atoms with E-state index >= 15 is 0 Å². The average Bonchev–Trinajstić information content (AvgIpc) is 2.73. The van der Waals surface area contributed by atoms with E-state index in [1.807, 2.05) is 0 Å². The van der Waals surface area contributed by atoms with Gasteiger partial charge in [-0.05, 0) is 48.5 Å². The van der Waals surface area contributed by atoms with Crippen molar-refractivity contribution in [3.05, 3.63) is 64.7 Å². The summed E-state index contributed by atoms with van der Waals surface area (Å²) in [4.78, 5) is 24.2. The van der Waals surface area contributed by atoms with Crippen molar-refractivity contribution in [2.45, 2.75) is 4.90 Å². The van der Waals surface area contributed by atoms with Crippen LogP contribution in [0, 0.1) is 0 Å². The van der Waals surface area contributed by atoms with Crippen LogP contribution in [0.5, 0.6) is 0 Å². The van der Waals surface area contributed by atoms with Crippen LogP contribution >= 0.6 is 11.6 Å². The number of ether oxygens (including phenoxy) is 2. The summed E-state index contributed by atoms with van der Waals surface area (Å²) in [6.07, 6.45) is 0. The van der Waals surface area contributed by atoms with E-state index in [1.54, 1.807) is 24.3 Å². The number of sulfonamides is 1. The summed E-state index contributed by atoms with van der Waals surface area (Å²) >= 11 is 5.77. The van der Waals surface area contributed by atoms with Gasteiger partial charge in [0.1, 0.15) is 0 Å². The number of hydrogen-bond donors (Lipinski definition) is 0. The summed E-state index contributed by atoms with van der Waals surface area (Å²) in [5.41, 5.74) is 0.536. The lowest BCUT2D eigenvalue weighted by Crippen LogP contribution is -2.40. The van der Waals surface area contributed by atoms with Crippen LogP contribution in [0.3, 0.4) is 0 Å². The van der Waals surface area contributed by atoms with Crippen molar-refractivity contribution < 1.29 is 27.5 Å². The molecular weight excluding hydrogens is 406 g/mol. The van der Waals surface area contributed by atoms with Crippen molar-refractivity contribution in [1.82, 2.24) is 4.31 Å². The molecule has 0 aliphatic carbocycles. The highest BCUT2D eigenvalue weighted by Crippen LogP contribution is 2.18. The molecule has 0 unspecified atom stereocenters. The molecule has 28 heavy (non-hydrogen) atoms. The first-order valence-corrected chi connectivity index (χ1v) is 10.3. The van der Waals surface area contributed by atoms with Crippen molar-refractivity contribution in [3.8, 4) is 0 Å². The third kappa shape index (κ3) is 4.77. The van der Waals surface area contributed by atoms with Crippen molar-refractivity contribution in [2.24, 2.45) is 0 Å². The van der Waals surface area contributed by atoms with Crippen molar-refractivity contribution in [3.63, 3.8) is 0 Å². The number of nitrogens with zero attached hydrogens (tertiary/aromatic N) is 1. The lowest BCUT2D eigenvalue weighted by atomic mass is 10.1. The van der Waals surface area contributed by atoms with Gasteiger partial charge in [0.2, 0.25) is 10.0 Å². The highest BCUT2D eigenvalue weighted by molar-refractivity contribution is 7.89. The van der Waals surface area contributed by atoms with Gasteiger partial charge in [0.15, 0.2) is 12.4 Å². The highest BCUT2D eigenvalue weighted by atomic mass is 35.5. The van der Waals surface area contributed by atoms with Gasteiger partial charge < -0.3 is 9.47 Å². The Morgan fingerprint density at radius 2 is 1.54 bits per heavy atom. The Morgan fingerprint density at radius 3 is 2.14 bits per heavy atom. The predicted molar refractivity (Wildman–Crippen MR) is 102 cm³/mol. The van der Waals surface area contributed by atoms with Gasteiger partial charge in [-0.2, -0.15) is 4.31 Å². The maximum atomic E-state index is 12.6. The van der Waals surface area contributed by atoms with E-state index in [2.05, 4.69) is 0 Å². The van der Waals surface area contributed by atoms with E-state index in [1.165, 1.54) is 28.6 Å². The molecular formula is C19H18ClNO6S. The summed E-state index contributed by atoms with van der Waals surface area (Å²) in [6.45, 7) is 0.864. The van der Waals surface area contributed by atoms with E-state index in [0.29, 0.717) is 36.9 Å². The van der Waals surface area contributed by atoms with Gasteiger partial charge in [-0.25, -0.2) is 13.2 Å². The molecule has 0 bridgehead atoms. The number of benzene rings is 2. The van der Waals surface area contributed by atoms with Crippen molar-refractivity contribution in [2.75, 3.05) is 32.9 Å². The normalized spacial score (nSPS) is 15.2. The van der Waals surface area contributed by atoms with Crippen LogP contribution < -0.4 is 0 Å². The third-order valence-corrected chi connectivity index (χ3v) is 6.36. The van der Waals surface area contributed by atoms with Crippen LogP contribution in [0.25, 0.3) is 0 Å². The van der Waals surface area contributed by atoms with Gasteiger partial charge in [-0.3, -0.25) is 4.79 Å². The average molecular weight is 424 g/mol. The van der Waals surface area contributed by atoms with Crippen LogP contribution in [0.15, 0.2) is 53.4 Å². The minimum Gasteiger partial charge on any atom is -0.454 e. The van der Waals surface area contributed by atoms with Gasteiger partial charge in [0, 0.05) is 23.7 Å². The fraction of sp³-hybridized carbons (Fsp3) is 0.263. The smallest absolute Gasteiger partial charge is 0.338 e. The number of morpholine rings is 1. The summed E-state index contributed by atoms with van der Waals surface area (Å²) in [6, 6.07) is 11.7. The van der Waals surface area contributed by atoms with Crippen LogP contribution in [0.2, 0.25) is 5.02 Å². The number of carbonyl (C=O) groups excluding carboxylic acids is 2. The number of esters is 1. The molecule has 0 atom stereocenters. The lowest BCUT2D eigenvalue weighted by molar-refractivity contribution is 0.0474. The van der Waals surface area contributed by atoms with Gasteiger partial charge >= 0.3 is 5.97 Å². The van der Waals surface area contributed by atoms with Gasteiger partial charge in [0.05, 0.1) is 23.7 Å². The molecule has 1 fully saturated rings. The zero-order chi connectivity index (χ0) is 20.1. The Hall–Kier alpha value is -2.26. The molecule has 0 N–H and O–H groups in total. The molecule has 2 aromatic carbocycles. The molecule has 3 rings (SSSR count). The number of ketones is 1. The Bertz CT molecular complexity index is 951. The zero-order valence-electron chi connectivity index (χ0n) is 14.8. The molecule has 1 heterocycles. The number of rotatable bonds is 6. The molecule has 1 aliphatic heterocycles. The Labute approximate surface area is 167 Å². The maximum Gasteiger partial charge on any atom is 0.338 e. The molecule has 7 nitrogen and oxygen atoms in total. The number of carbonyl (C=O) groups is 2. The fourth-order valence-electron chi connectivity index (χ4n) is 2.63. The maximum absolute atomic E-state index is 12.6. The minimum absolute atomic E-state index is 0.0863. The van der Waals surface area contributed by atoms with Gasteiger partial charge in [-0.1, -0.05) is 11.6 Å². The largest absolute Gasteiger partial charge is 0.454 e. The van der Waals surface area contributed by atoms with Crippen LogP contribution in [-0.2, 0) is 19.5 Å². The van der Waals surface area contributed by atoms with Crippen LogP contribution in [-0.4, -0.2) is 57.4 Å². The predicted octanol–water partition coefficient (Wildman–Crippen LogP) is 2.40. The quantitative estimate of drug-likeness (QED) is 0.523. The van der Waals surface area contributed by atoms with Gasteiger partial charge in [0.25, 0.3) is 0 Å². The molecule has 9 heteroatoms. The van der Waals surface area contributed by atoms with Gasteiger partial charge in [-0.15, -0.1) is 0 Å². The second kappa shape index (κ2) is 8.83. The molecule has 148 valence electrons. The topological polar surface area (TPSA) is 90.0 Å². The van der Waals surface area contributed by atoms with Crippen LogP contribution in [0.4, 0.5) is 0 Å². The van der Waals surface area contributed by atoms with Crippen molar-refractivity contribution in [1.29, 1.82) is 0 Å². The van der Waals surface area contributed by atoms with Crippen LogP contribution in [0.1, 0.15) is 20.7 Å². The fourth-order valence-corrected chi connectivity index (χ4v) is 4.17. The lowest BCUT2D eigenvalue weighted by Gasteiger charge is -2.26. The van der Waals surface area contributed by atoms with Crippen molar-refractivity contribution >= 4 is 33.4 Å². The van der Waals surface area contributed by atoms with E-state index in [4.69, 9.17) is 21.1 Å². The van der Waals surface area contributed by atoms with E-state index in [-0.39, 0.29) is 16.2 Å². The molecule has 0 amide bonds. The third-order valence-electron chi connectivity index (χ3n) is 4.20. The monoisotopic (exact) mass is 423 g/mol. The molecule has 0 spiro atoms. The summed E-state index contributed by atoms with van der Waals surface area (Å²) in [5, 5.41) is 0.501. The van der Waals surface area contributed by atoms with E-state index in [9.17, 15) is 18.0 Å². The number of Topliss-reactive ketones (excluding diaryl/α,β-unsaturated/α-hetero) is 1. The second-order valence-corrected chi connectivity index (χ2v) is 8.42. The molecule has 0 radical (unpaired) electrons. The molecule has 2 aromatic rings. The minimum atomic E-state index is -3.63. The molecule has 1 aliphatic rings. The first kappa shape index (κ1) is 20.5. The second-order valence-electron chi connectivity index (χ2n) is 6.05. The molecule has 1 saturated heterocycles. The number of hydrogen-bond acceptors (Lipinski definition) is 6. The first-order valence-electron chi connectivity index (χ1n) is 8.52. The Balaban J connectivity index is 1.62. The number of halogens is 1. The summed E-state index contributed by atoms with van der Waals surface area (Å²) in [7, 11) is -3.63. The van der Waals surface area contributed by atoms with E-state index in [0.717, 1.165) is 0 Å². The standard InChI is InChI=1S/C19H18ClNO6S/c20-16-5-1-14(2-6-16)18(22)13-27-19(23)15-3-7-17(8-4-15)28(24,25)21-9-11-26-12-10-21/h1-8H,9-13H2. The summed E-state index contributed by atoms with van der Waals surface area (Å²) < 4.78 is 36.7.